The first-order valence-corrected chi connectivity index (χ1v) is 8.26. The molecular weight excluding hydrogens is 336 g/mol. The van der Waals surface area contributed by atoms with Crippen molar-refractivity contribution in [2.75, 3.05) is 29.5 Å². The van der Waals surface area contributed by atoms with Gasteiger partial charge in [-0.3, -0.25) is 4.79 Å². The highest BCUT2D eigenvalue weighted by Gasteiger charge is 2.16. The molecule has 0 radical (unpaired) electrons. The molecule has 0 bridgehead atoms. The van der Waals surface area contributed by atoms with Crippen molar-refractivity contribution in [1.82, 2.24) is 15.3 Å². The minimum Gasteiger partial charge on any atom is -0.382 e. The molecule has 1 aromatic heterocycles. The fourth-order valence-corrected chi connectivity index (χ4v) is 2.54. The molecule has 1 fully saturated rings. The Labute approximate surface area is 150 Å². The van der Waals surface area contributed by atoms with Crippen LogP contribution in [0.25, 0.3) is 0 Å². The monoisotopic (exact) mass is 356 g/mol. The summed E-state index contributed by atoms with van der Waals surface area (Å²) in [6.45, 7) is 1.24. The van der Waals surface area contributed by atoms with E-state index >= 15 is 0 Å². The molecular formula is C17H20N6O3. The van der Waals surface area contributed by atoms with E-state index in [0.717, 1.165) is 19.4 Å². The van der Waals surface area contributed by atoms with Crippen molar-refractivity contribution in [2.24, 2.45) is 0 Å². The Morgan fingerprint density at radius 2 is 1.81 bits per heavy atom. The quantitative estimate of drug-likeness (QED) is 0.644. The third-order valence-electron chi connectivity index (χ3n) is 3.86. The number of ether oxygens (including phenoxy) is 1. The molecule has 9 nitrogen and oxygen atoms in total. The van der Waals surface area contributed by atoms with E-state index in [2.05, 4.69) is 25.9 Å². The Morgan fingerprint density at radius 1 is 1.12 bits per heavy atom. The van der Waals surface area contributed by atoms with Gasteiger partial charge in [-0.15, -0.1) is 0 Å². The lowest BCUT2D eigenvalue weighted by atomic mass is 10.2. The molecule has 1 saturated heterocycles. The summed E-state index contributed by atoms with van der Waals surface area (Å²) in [5.74, 6) is -0.392. The maximum Gasteiger partial charge on any atom is 0.319 e. The van der Waals surface area contributed by atoms with Gasteiger partial charge < -0.3 is 26.4 Å². The molecule has 3 rings (SSSR count). The van der Waals surface area contributed by atoms with Crippen molar-refractivity contribution in [3.05, 3.63) is 42.4 Å². The third kappa shape index (κ3) is 4.67. The Hall–Kier alpha value is -3.20. The Morgan fingerprint density at radius 3 is 2.46 bits per heavy atom. The number of nitrogens with two attached hydrogens (primary N) is 1. The van der Waals surface area contributed by atoms with Crippen LogP contribution in [0.1, 0.15) is 23.3 Å². The van der Waals surface area contributed by atoms with Crippen molar-refractivity contribution in [3.8, 4) is 0 Å². The fraction of sp³-hybridized carbons (Fsp3) is 0.294. The van der Waals surface area contributed by atoms with E-state index in [4.69, 9.17) is 10.5 Å². The van der Waals surface area contributed by atoms with E-state index in [1.807, 2.05) is 0 Å². The molecule has 1 unspecified atom stereocenters. The number of nitrogen functional groups attached to an aromatic ring is 1. The molecule has 26 heavy (non-hydrogen) atoms. The summed E-state index contributed by atoms with van der Waals surface area (Å²) in [6, 6.07) is 6.40. The van der Waals surface area contributed by atoms with Crippen LogP contribution in [0.5, 0.6) is 0 Å². The lowest BCUT2D eigenvalue weighted by molar-refractivity contribution is 0.102. The van der Waals surface area contributed by atoms with E-state index < -0.39 is 5.91 Å². The number of urea groups is 1. The Balaban J connectivity index is 1.50. The molecule has 1 atom stereocenters. The first kappa shape index (κ1) is 17.6. The fourth-order valence-electron chi connectivity index (χ4n) is 2.54. The standard InChI is InChI=1S/C17H20N6O3/c18-15-14(19-7-8-20-15)16(24)22-11-3-5-12(6-4-11)23-17(25)21-10-13-2-1-9-26-13/h3-8,13H,1-2,9-10H2,(H2,18,20)(H,22,24)(H2,21,23,25). The maximum atomic E-state index is 12.1. The van der Waals surface area contributed by atoms with E-state index in [1.54, 1.807) is 24.3 Å². The second-order valence-electron chi connectivity index (χ2n) is 5.79. The van der Waals surface area contributed by atoms with Gasteiger partial charge in [-0.25, -0.2) is 14.8 Å². The van der Waals surface area contributed by atoms with Crippen molar-refractivity contribution >= 4 is 29.1 Å². The second-order valence-corrected chi connectivity index (χ2v) is 5.79. The second kappa shape index (κ2) is 8.26. The van der Waals surface area contributed by atoms with Gasteiger partial charge in [-0.2, -0.15) is 0 Å². The number of benzene rings is 1. The smallest absolute Gasteiger partial charge is 0.319 e. The number of nitrogens with zero attached hydrogens (tertiary/aromatic N) is 2. The summed E-state index contributed by atoms with van der Waals surface area (Å²) < 4.78 is 5.45. The molecule has 9 heteroatoms. The van der Waals surface area contributed by atoms with Gasteiger partial charge in [-0.05, 0) is 37.1 Å². The van der Waals surface area contributed by atoms with Crippen LogP contribution >= 0.6 is 0 Å². The summed E-state index contributed by atoms with van der Waals surface area (Å²) in [5.41, 5.74) is 6.84. The van der Waals surface area contributed by atoms with Crippen LogP contribution in [0, 0.1) is 0 Å². The summed E-state index contributed by atoms with van der Waals surface area (Å²) in [6.07, 6.45) is 4.89. The lowest BCUT2D eigenvalue weighted by Gasteiger charge is -2.12. The number of anilines is 3. The Bertz CT molecular complexity index is 774. The molecule has 1 aliphatic rings. The minimum absolute atomic E-state index is 0.0585. The van der Waals surface area contributed by atoms with Gasteiger partial charge in [-0.1, -0.05) is 0 Å². The molecule has 2 heterocycles. The van der Waals surface area contributed by atoms with E-state index in [-0.39, 0.29) is 23.6 Å². The van der Waals surface area contributed by atoms with Gasteiger partial charge in [0.15, 0.2) is 11.5 Å². The van der Waals surface area contributed by atoms with Crippen LogP contribution < -0.4 is 21.7 Å². The topological polar surface area (TPSA) is 131 Å². The third-order valence-corrected chi connectivity index (χ3v) is 3.86. The number of carbonyl (C=O) groups is 2. The van der Waals surface area contributed by atoms with Crippen molar-refractivity contribution in [2.45, 2.75) is 18.9 Å². The maximum absolute atomic E-state index is 12.1. The molecule has 0 spiro atoms. The average Bonchev–Trinajstić information content (AvgIpc) is 3.15. The first-order chi connectivity index (χ1) is 12.6. The van der Waals surface area contributed by atoms with Crippen LogP contribution in [0.4, 0.5) is 22.0 Å². The van der Waals surface area contributed by atoms with Gasteiger partial charge in [0.25, 0.3) is 5.91 Å². The van der Waals surface area contributed by atoms with Gasteiger partial charge in [0.1, 0.15) is 0 Å². The van der Waals surface area contributed by atoms with E-state index in [9.17, 15) is 9.59 Å². The molecule has 1 aliphatic heterocycles. The van der Waals surface area contributed by atoms with Crippen LogP contribution in [0.3, 0.4) is 0 Å². The van der Waals surface area contributed by atoms with E-state index in [0.29, 0.717) is 17.9 Å². The minimum atomic E-state index is -0.453. The summed E-state index contributed by atoms with van der Waals surface area (Å²) in [4.78, 5) is 31.7. The normalized spacial score (nSPS) is 16.1. The lowest BCUT2D eigenvalue weighted by Crippen LogP contribution is -2.35. The molecule has 0 saturated carbocycles. The van der Waals surface area contributed by atoms with Crippen LogP contribution in [-0.4, -0.2) is 41.2 Å². The summed E-state index contributed by atoms with van der Waals surface area (Å²) in [5, 5.41) is 8.18. The molecule has 5 N–H and O–H groups in total. The number of rotatable bonds is 5. The highest BCUT2D eigenvalue weighted by molar-refractivity contribution is 6.05. The number of carbonyl (C=O) groups excluding carboxylic acids is 2. The van der Waals surface area contributed by atoms with E-state index in [1.165, 1.54) is 12.4 Å². The SMILES string of the molecule is Nc1nccnc1C(=O)Nc1ccc(NC(=O)NCC2CCCO2)cc1. The number of aromatic nitrogens is 2. The van der Waals surface area contributed by atoms with Gasteiger partial charge in [0.2, 0.25) is 0 Å². The molecule has 1 aromatic carbocycles. The number of nitrogens with one attached hydrogen (secondary N) is 3. The highest BCUT2D eigenvalue weighted by Crippen LogP contribution is 2.15. The van der Waals surface area contributed by atoms with Crippen molar-refractivity contribution < 1.29 is 14.3 Å². The first-order valence-electron chi connectivity index (χ1n) is 8.26. The van der Waals surface area contributed by atoms with Crippen LogP contribution in [0.15, 0.2) is 36.7 Å². The average molecular weight is 356 g/mol. The summed E-state index contributed by atoms with van der Waals surface area (Å²) >= 11 is 0. The van der Waals surface area contributed by atoms with Gasteiger partial charge in [0, 0.05) is 36.9 Å². The van der Waals surface area contributed by atoms with Gasteiger partial charge >= 0.3 is 6.03 Å². The molecule has 2 aromatic rings. The zero-order valence-electron chi connectivity index (χ0n) is 14.1. The molecule has 3 amide bonds. The molecule has 0 aliphatic carbocycles. The zero-order valence-corrected chi connectivity index (χ0v) is 14.1. The highest BCUT2D eigenvalue weighted by atomic mass is 16.5. The van der Waals surface area contributed by atoms with Crippen molar-refractivity contribution in [1.29, 1.82) is 0 Å². The van der Waals surface area contributed by atoms with Crippen LogP contribution in [0.2, 0.25) is 0 Å². The van der Waals surface area contributed by atoms with Crippen molar-refractivity contribution in [3.63, 3.8) is 0 Å². The number of hydrogen-bond acceptors (Lipinski definition) is 6. The Kier molecular flexibility index (Phi) is 5.59. The number of hydrogen-bond donors (Lipinski definition) is 4. The number of amides is 3. The largest absolute Gasteiger partial charge is 0.382 e. The predicted molar refractivity (Wildman–Crippen MR) is 96.8 cm³/mol. The molecule has 136 valence electrons. The predicted octanol–water partition coefficient (Wildman–Crippen LogP) is 1.61. The zero-order chi connectivity index (χ0) is 18.4. The summed E-state index contributed by atoms with van der Waals surface area (Å²) in [7, 11) is 0. The van der Waals surface area contributed by atoms with Gasteiger partial charge in [0.05, 0.1) is 6.10 Å². The van der Waals surface area contributed by atoms with Crippen LogP contribution in [-0.2, 0) is 4.74 Å².